The van der Waals surface area contributed by atoms with Crippen LogP contribution < -0.4 is 5.73 Å². The highest BCUT2D eigenvalue weighted by atomic mass is 16.4. The van der Waals surface area contributed by atoms with E-state index in [1.54, 1.807) is 4.90 Å². The molecule has 1 saturated heterocycles. The Morgan fingerprint density at radius 1 is 1.46 bits per heavy atom. The van der Waals surface area contributed by atoms with Gasteiger partial charge in [-0.25, -0.2) is 0 Å². The van der Waals surface area contributed by atoms with Crippen molar-refractivity contribution in [3.8, 4) is 0 Å². The van der Waals surface area contributed by atoms with Crippen molar-refractivity contribution in [2.24, 2.45) is 11.7 Å². The Kier molecular flexibility index (Phi) is 3.25. The van der Waals surface area contributed by atoms with Crippen molar-refractivity contribution in [1.82, 2.24) is 4.90 Å². The topological polar surface area (TPSA) is 83.6 Å². The maximum atomic E-state index is 11.2. The monoisotopic (exact) mass is 186 g/mol. The second kappa shape index (κ2) is 4.23. The quantitative estimate of drug-likeness (QED) is 0.606. The number of hydrogen-bond acceptors (Lipinski definition) is 3. The highest BCUT2D eigenvalue weighted by Crippen LogP contribution is 2.19. The Bertz CT molecular complexity index is 211. The highest BCUT2D eigenvalue weighted by Gasteiger charge is 2.31. The van der Waals surface area contributed by atoms with Crippen LogP contribution in [0.3, 0.4) is 0 Å². The Morgan fingerprint density at radius 3 is 2.54 bits per heavy atom. The van der Waals surface area contributed by atoms with Crippen LogP contribution in [-0.4, -0.2) is 41.5 Å². The molecule has 0 bridgehead atoms. The van der Waals surface area contributed by atoms with E-state index in [1.165, 1.54) is 0 Å². The number of nitrogens with zero attached hydrogens (tertiary/aromatic N) is 1. The molecule has 0 atom stereocenters. The van der Waals surface area contributed by atoms with Gasteiger partial charge in [-0.2, -0.15) is 0 Å². The van der Waals surface area contributed by atoms with E-state index in [2.05, 4.69) is 0 Å². The molecule has 0 aliphatic carbocycles. The summed E-state index contributed by atoms with van der Waals surface area (Å²) in [7, 11) is 0. The van der Waals surface area contributed by atoms with Gasteiger partial charge in [0.25, 0.3) is 0 Å². The van der Waals surface area contributed by atoms with Crippen molar-refractivity contribution >= 4 is 11.9 Å². The first-order chi connectivity index (χ1) is 6.13. The molecule has 1 heterocycles. The predicted octanol–water partition coefficient (Wildman–Crippen LogP) is -0.732. The lowest BCUT2D eigenvalue weighted by atomic mass is 9.96. The van der Waals surface area contributed by atoms with E-state index < -0.39 is 5.97 Å². The smallest absolute Gasteiger partial charge is 0.303 e. The lowest BCUT2D eigenvalue weighted by molar-refractivity contribution is -0.145. The molecule has 5 nitrogen and oxygen atoms in total. The van der Waals surface area contributed by atoms with E-state index in [0.717, 1.165) is 0 Å². The third-order valence-electron chi connectivity index (χ3n) is 2.13. The molecular formula is C8H14N2O3. The number of amides is 1. The van der Waals surface area contributed by atoms with Crippen LogP contribution in [-0.2, 0) is 9.59 Å². The van der Waals surface area contributed by atoms with E-state index in [1.807, 2.05) is 0 Å². The maximum absolute atomic E-state index is 11.2. The van der Waals surface area contributed by atoms with Crippen molar-refractivity contribution in [1.29, 1.82) is 0 Å². The fourth-order valence-corrected chi connectivity index (χ4v) is 1.43. The van der Waals surface area contributed by atoms with Crippen molar-refractivity contribution in [2.45, 2.75) is 12.8 Å². The molecule has 5 heteroatoms. The zero-order chi connectivity index (χ0) is 9.84. The molecule has 0 saturated carbocycles. The van der Waals surface area contributed by atoms with Crippen LogP contribution in [0, 0.1) is 5.92 Å². The standard InChI is InChI=1S/C8H14N2O3/c9-2-1-7(11)10-4-6(5-10)3-8(12)13/h6H,1-5,9H2,(H,12,13). The lowest BCUT2D eigenvalue weighted by Gasteiger charge is -2.38. The van der Waals surface area contributed by atoms with Gasteiger partial charge >= 0.3 is 5.97 Å². The Hall–Kier alpha value is -1.10. The Morgan fingerprint density at radius 2 is 2.08 bits per heavy atom. The van der Waals surface area contributed by atoms with E-state index in [9.17, 15) is 9.59 Å². The molecule has 1 amide bonds. The first-order valence-corrected chi connectivity index (χ1v) is 4.33. The number of carboxylic acid groups (broad SMARTS) is 1. The number of carbonyl (C=O) groups excluding carboxylic acids is 1. The summed E-state index contributed by atoms with van der Waals surface area (Å²) in [5.41, 5.74) is 5.22. The van der Waals surface area contributed by atoms with Gasteiger partial charge in [0, 0.05) is 32.0 Å². The van der Waals surface area contributed by atoms with Gasteiger partial charge in [-0.15, -0.1) is 0 Å². The number of carboxylic acids is 1. The number of nitrogens with two attached hydrogens (primary N) is 1. The van der Waals surface area contributed by atoms with E-state index >= 15 is 0 Å². The van der Waals surface area contributed by atoms with Gasteiger partial charge < -0.3 is 15.7 Å². The lowest BCUT2D eigenvalue weighted by Crippen LogP contribution is -2.50. The summed E-state index contributed by atoms with van der Waals surface area (Å²) in [5.74, 6) is -0.626. The zero-order valence-corrected chi connectivity index (χ0v) is 7.40. The second-order valence-corrected chi connectivity index (χ2v) is 3.30. The first kappa shape index (κ1) is 9.98. The number of carbonyl (C=O) groups is 2. The van der Waals surface area contributed by atoms with Gasteiger partial charge in [0.05, 0.1) is 6.42 Å². The number of likely N-dealkylation sites (tertiary alicyclic amines) is 1. The van der Waals surface area contributed by atoms with E-state index in [-0.39, 0.29) is 18.2 Å². The van der Waals surface area contributed by atoms with Crippen LogP contribution in [0.15, 0.2) is 0 Å². The molecule has 3 N–H and O–H groups in total. The van der Waals surface area contributed by atoms with Gasteiger partial charge in [0.1, 0.15) is 0 Å². The Balaban J connectivity index is 2.17. The average molecular weight is 186 g/mol. The molecule has 0 unspecified atom stereocenters. The number of hydrogen-bond donors (Lipinski definition) is 2. The fraction of sp³-hybridized carbons (Fsp3) is 0.750. The minimum atomic E-state index is -0.795. The average Bonchev–Trinajstić information content (AvgIpc) is 1.95. The zero-order valence-electron chi connectivity index (χ0n) is 7.40. The van der Waals surface area contributed by atoms with Gasteiger partial charge in [-0.05, 0) is 0 Å². The van der Waals surface area contributed by atoms with E-state index in [0.29, 0.717) is 26.1 Å². The normalized spacial score (nSPS) is 16.8. The minimum absolute atomic E-state index is 0.0316. The number of aliphatic carboxylic acids is 1. The molecule has 1 fully saturated rings. The van der Waals surface area contributed by atoms with Gasteiger partial charge in [-0.1, -0.05) is 0 Å². The third kappa shape index (κ3) is 2.69. The molecule has 1 aliphatic rings. The van der Waals surface area contributed by atoms with Crippen molar-refractivity contribution in [2.75, 3.05) is 19.6 Å². The van der Waals surface area contributed by atoms with Crippen LogP contribution in [0.5, 0.6) is 0 Å². The number of rotatable bonds is 4. The molecule has 0 radical (unpaired) electrons. The summed E-state index contributed by atoms with van der Waals surface area (Å²) in [5, 5.41) is 8.45. The van der Waals surface area contributed by atoms with Gasteiger partial charge in [0.2, 0.25) is 5.91 Å². The van der Waals surface area contributed by atoms with Crippen molar-refractivity contribution < 1.29 is 14.7 Å². The van der Waals surface area contributed by atoms with Gasteiger partial charge in [0.15, 0.2) is 0 Å². The van der Waals surface area contributed by atoms with Gasteiger partial charge in [-0.3, -0.25) is 9.59 Å². The van der Waals surface area contributed by atoms with Crippen LogP contribution in [0.2, 0.25) is 0 Å². The minimum Gasteiger partial charge on any atom is -0.481 e. The van der Waals surface area contributed by atoms with Crippen molar-refractivity contribution in [3.05, 3.63) is 0 Å². The largest absolute Gasteiger partial charge is 0.481 e. The molecule has 0 aromatic heterocycles. The van der Waals surface area contributed by atoms with Crippen molar-refractivity contribution in [3.63, 3.8) is 0 Å². The second-order valence-electron chi connectivity index (χ2n) is 3.30. The first-order valence-electron chi connectivity index (χ1n) is 4.33. The van der Waals surface area contributed by atoms with E-state index in [4.69, 9.17) is 10.8 Å². The molecule has 1 rings (SSSR count). The molecule has 74 valence electrons. The summed E-state index contributed by atoms with van der Waals surface area (Å²) in [6.07, 6.45) is 0.520. The summed E-state index contributed by atoms with van der Waals surface area (Å²) in [6, 6.07) is 0. The third-order valence-corrected chi connectivity index (χ3v) is 2.13. The SMILES string of the molecule is NCCC(=O)N1CC(CC(=O)O)C1. The fourth-order valence-electron chi connectivity index (χ4n) is 1.43. The molecule has 0 aromatic carbocycles. The predicted molar refractivity (Wildman–Crippen MR) is 46.0 cm³/mol. The molecule has 0 spiro atoms. The van der Waals surface area contributed by atoms with Crippen LogP contribution in [0.4, 0.5) is 0 Å². The molecule has 0 aromatic rings. The summed E-state index contributed by atoms with van der Waals surface area (Å²) < 4.78 is 0. The summed E-state index contributed by atoms with van der Waals surface area (Å²) >= 11 is 0. The molecule has 13 heavy (non-hydrogen) atoms. The molecular weight excluding hydrogens is 172 g/mol. The summed E-state index contributed by atoms with van der Waals surface area (Å²) in [6.45, 7) is 1.51. The van der Waals surface area contributed by atoms with Crippen LogP contribution in [0.1, 0.15) is 12.8 Å². The van der Waals surface area contributed by atoms with Crippen LogP contribution >= 0.6 is 0 Å². The van der Waals surface area contributed by atoms with Crippen LogP contribution in [0.25, 0.3) is 0 Å². The maximum Gasteiger partial charge on any atom is 0.303 e. The highest BCUT2D eigenvalue weighted by molar-refractivity contribution is 5.77. The Labute approximate surface area is 76.5 Å². The molecule has 1 aliphatic heterocycles. The summed E-state index contributed by atoms with van der Waals surface area (Å²) in [4.78, 5) is 23.1.